The van der Waals surface area contributed by atoms with Crippen molar-refractivity contribution in [2.75, 3.05) is 79.2 Å². The normalized spacial score (nSPS) is 13.1. The smallest absolute Gasteiger partial charge is 0.221 e. The molecule has 3 aromatic heterocycles. The SMILES string of the molecule is C=Cc1c(C)c2cc3nc(c(CC(=O)SCCCN(C)C)c4nc(cc5[nH]c(cc1[nH]2)c(C)c5CC)C(C)=C4C(=O)SCCCN(C)C)C(CCC(=O)SCCCN(C)C)=C3C. The molecule has 3 aromatic rings. The van der Waals surface area contributed by atoms with Crippen LogP contribution < -0.4 is 0 Å². The number of carbonyl (C=O) groups is 3. The Morgan fingerprint density at radius 1 is 0.661 bits per heavy atom. The van der Waals surface area contributed by atoms with E-state index in [0.717, 1.165) is 112 Å². The van der Waals surface area contributed by atoms with Crippen molar-refractivity contribution in [2.45, 2.75) is 79.6 Å². The van der Waals surface area contributed by atoms with Gasteiger partial charge in [-0.1, -0.05) is 54.9 Å². The predicted octanol–water partition coefficient (Wildman–Crippen LogP) is 9.96. The molecule has 334 valence electrons. The monoisotopic (exact) mass is 897 g/mol. The summed E-state index contributed by atoms with van der Waals surface area (Å²) in [7, 11) is 12.2. The van der Waals surface area contributed by atoms with E-state index in [-0.39, 0.29) is 21.8 Å². The minimum Gasteiger partial charge on any atom is -0.355 e. The van der Waals surface area contributed by atoms with E-state index in [1.54, 1.807) is 0 Å². The number of rotatable bonds is 20. The third kappa shape index (κ3) is 12.3. The number of hydrogen-bond acceptors (Lipinski definition) is 11. The average Bonchev–Trinajstić information content (AvgIpc) is 3.90. The summed E-state index contributed by atoms with van der Waals surface area (Å²) in [5, 5.41) is 0.0555. The number of carbonyl (C=O) groups excluding carboxylic acids is 3. The van der Waals surface area contributed by atoms with Crippen molar-refractivity contribution in [3.05, 3.63) is 75.4 Å². The predicted molar refractivity (Wildman–Crippen MR) is 270 cm³/mol. The number of nitrogens with one attached hydrogen (secondary N) is 2. The Hall–Kier alpha value is -3.72. The van der Waals surface area contributed by atoms with Crippen molar-refractivity contribution < 1.29 is 14.4 Å². The molecule has 0 unspecified atom stereocenters. The van der Waals surface area contributed by atoms with E-state index in [1.165, 1.54) is 40.8 Å². The van der Waals surface area contributed by atoms with E-state index in [9.17, 15) is 14.4 Å². The van der Waals surface area contributed by atoms with Crippen LogP contribution in [-0.4, -0.2) is 129 Å². The molecular weight excluding hydrogens is 831 g/mol. The molecule has 0 radical (unpaired) electrons. The molecule has 0 atom stereocenters. The van der Waals surface area contributed by atoms with Crippen LogP contribution in [0.4, 0.5) is 0 Å². The van der Waals surface area contributed by atoms with Crippen LogP contribution in [0.1, 0.15) is 103 Å². The highest BCUT2D eigenvalue weighted by Gasteiger charge is 2.31. The molecule has 0 fully saturated rings. The number of hydrogen-bond donors (Lipinski definition) is 2. The van der Waals surface area contributed by atoms with Gasteiger partial charge in [-0.3, -0.25) is 14.4 Å². The molecule has 0 aliphatic carbocycles. The van der Waals surface area contributed by atoms with Crippen LogP contribution in [0, 0.1) is 13.8 Å². The van der Waals surface area contributed by atoms with E-state index in [2.05, 4.69) is 77.1 Å². The number of fused-ring (bicyclic) bond motifs is 8. The largest absolute Gasteiger partial charge is 0.355 e. The first kappa shape index (κ1) is 49.3. The van der Waals surface area contributed by atoms with Crippen LogP contribution in [0.15, 0.2) is 24.8 Å². The zero-order valence-corrected chi connectivity index (χ0v) is 41.3. The molecule has 8 bridgehead atoms. The van der Waals surface area contributed by atoms with Crippen molar-refractivity contribution in [1.82, 2.24) is 34.6 Å². The van der Waals surface area contributed by atoms with Crippen LogP contribution in [0.25, 0.3) is 50.4 Å². The van der Waals surface area contributed by atoms with Crippen LogP contribution >= 0.6 is 35.3 Å². The fourth-order valence-corrected chi connectivity index (χ4v) is 10.3. The summed E-state index contributed by atoms with van der Waals surface area (Å²) in [6.07, 6.45) is 6.14. The minimum atomic E-state index is -0.0654. The second-order valence-electron chi connectivity index (χ2n) is 17.0. The van der Waals surface area contributed by atoms with Crippen LogP contribution in [-0.2, 0) is 27.2 Å². The standard InChI is InChI=1S/C49H67N7O3S3/c1-13-34-30(3)38-27-40-32(5)36(18-19-44(57)60-23-15-20-54(7)8)47(52-40)37(26-45(58)61-24-16-21-55(9)10)48-46(49(59)62-25-17-22-56(11)12)33(6)41(53-48)29-43-35(14-2)31(4)39(51-43)28-42(34)50-38/h13,27-29,50-51H,1,14-26H2,2-12H3. The molecule has 5 rings (SSSR count). The fourth-order valence-electron chi connectivity index (χ4n) is 7.99. The summed E-state index contributed by atoms with van der Waals surface area (Å²) in [6.45, 7) is 17.3. The summed E-state index contributed by atoms with van der Waals surface area (Å²) in [4.78, 5) is 66.8. The van der Waals surface area contributed by atoms with Gasteiger partial charge in [0.2, 0.25) is 5.12 Å². The molecule has 0 saturated heterocycles. The quantitative estimate of drug-likeness (QED) is 0.106. The lowest BCUT2D eigenvalue weighted by Gasteiger charge is -2.13. The minimum absolute atomic E-state index is 0.00467. The Bertz CT molecular complexity index is 2400. The van der Waals surface area contributed by atoms with Gasteiger partial charge in [-0.05, 0) is 173 Å². The molecule has 62 heavy (non-hydrogen) atoms. The maximum Gasteiger partial charge on any atom is 0.221 e. The lowest BCUT2D eigenvalue weighted by molar-refractivity contribution is -0.111. The average molecular weight is 898 g/mol. The molecule has 2 aliphatic heterocycles. The zero-order chi connectivity index (χ0) is 45.2. The highest BCUT2D eigenvalue weighted by Crippen LogP contribution is 2.42. The Kier molecular flexibility index (Phi) is 18.1. The van der Waals surface area contributed by atoms with Gasteiger partial charge in [-0.25, -0.2) is 9.97 Å². The van der Waals surface area contributed by atoms with Crippen molar-refractivity contribution in [2.24, 2.45) is 0 Å². The number of aromatic amines is 2. The molecule has 0 saturated carbocycles. The first-order valence-corrected chi connectivity index (χ1v) is 24.7. The Morgan fingerprint density at radius 3 is 1.79 bits per heavy atom. The van der Waals surface area contributed by atoms with Gasteiger partial charge >= 0.3 is 0 Å². The molecule has 13 heteroatoms. The summed E-state index contributed by atoms with van der Waals surface area (Å²) in [5.74, 6) is 2.08. The second-order valence-corrected chi connectivity index (χ2v) is 20.4. The van der Waals surface area contributed by atoms with Crippen molar-refractivity contribution in [3.63, 3.8) is 0 Å². The topological polar surface area (TPSA) is 118 Å². The molecule has 10 nitrogen and oxygen atoms in total. The fraction of sp³-hybridized carbons (Fsp3) is 0.490. The van der Waals surface area contributed by atoms with E-state index < -0.39 is 0 Å². The summed E-state index contributed by atoms with van der Waals surface area (Å²) in [5.41, 5.74) is 14.5. The lowest BCUT2D eigenvalue weighted by Crippen LogP contribution is -2.14. The number of thioether (sulfide) groups is 3. The highest BCUT2D eigenvalue weighted by atomic mass is 32.2. The van der Waals surface area contributed by atoms with E-state index in [1.807, 2.05) is 55.3 Å². The van der Waals surface area contributed by atoms with E-state index in [0.29, 0.717) is 52.6 Å². The van der Waals surface area contributed by atoms with Crippen molar-refractivity contribution in [3.8, 4) is 0 Å². The Balaban J connectivity index is 1.83. The van der Waals surface area contributed by atoms with Gasteiger partial charge in [0, 0.05) is 63.3 Å². The van der Waals surface area contributed by atoms with E-state index >= 15 is 0 Å². The van der Waals surface area contributed by atoms with Gasteiger partial charge in [-0.15, -0.1) is 0 Å². The lowest BCUT2D eigenvalue weighted by atomic mass is 9.94. The molecule has 2 aliphatic rings. The van der Waals surface area contributed by atoms with Crippen LogP contribution in [0.3, 0.4) is 0 Å². The Morgan fingerprint density at radius 2 is 1.19 bits per heavy atom. The molecular formula is C49H67N7O3S3. The summed E-state index contributed by atoms with van der Waals surface area (Å²) in [6, 6.07) is 6.28. The molecule has 2 N–H and O–H groups in total. The Labute approximate surface area is 382 Å². The van der Waals surface area contributed by atoms with Gasteiger partial charge in [0.25, 0.3) is 0 Å². The number of H-pyrrole nitrogens is 2. The molecule has 0 spiro atoms. The molecule has 0 amide bonds. The summed E-state index contributed by atoms with van der Waals surface area (Å²) < 4.78 is 0. The molecule has 5 heterocycles. The van der Waals surface area contributed by atoms with Crippen molar-refractivity contribution >= 4 is 101 Å². The van der Waals surface area contributed by atoms with Crippen LogP contribution in [0.5, 0.6) is 0 Å². The second kappa shape index (κ2) is 22.8. The molecule has 0 aromatic carbocycles. The van der Waals surface area contributed by atoms with Gasteiger partial charge in [0.1, 0.15) is 0 Å². The van der Waals surface area contributed by atoms with Gasteiger partial charge in [0.15, 0.2) is 10.2 Å². The van der Waals surface area contributed by atoms with Gasteiger partial charge in [0.05, 0.1) is 28.3 Å². The third-order valence-corrected chi connectivity index (χ3v) is 14.4. The maximum absolute atomic E-state index is 14.6. The number of nitrogens with zero attached hydrogens (tertiary/aromatic N) is 5. The van der Waals surface area contributed by atoms with Crippen LogP contribution in [0.2, 0.25) is 0 Å². The van der Waals surface area contributed by atoms with E-state index in [4.69, 9.17) is 9.97 Å². The zero-order valence-electron chi connectivity index (χ0n) is 38.9. The number of allylic oxidation sites excluding steroid dienone is 3. The number of aromatic nitrogens is 4. The van der Waals surface area contributed by atoms with Gasteiger partial charge < -0.3 is 24.7 Å². The summed E-state index contributed by atoms with van der Waals surface area (Å²) >= 11 is 4.01. The third-order valence-electron chi connectivity index (χ3n) is 11.5. The van der Waals surface area contributed by atoms with Gasteiger partial charge in [-0.2, -0.15) is 0 Å². The highest BCUT2D eigenvalue weighted by molar-refractivity contribution is 8.14. The first-order chi connectivity index (χ1) is 29.5. The number of aryl methyl sites for hydroxylation is 3. The van der Waals surface area contributed by atoms with Crippen molar-refractivity contribution in [1.29, 1.82) is 0 Å². The maximum atomic E-state index is 14.6. The first-order valence-electron chi connectivity index (χ1n) is 21.8.